The van der Waals surface area contributed by atoms with E-state index in [1.54, 1.807) is 24.3 Å². The highest BCUT2D eigenvalue weighted by Crippen LogP contribution is 2.34. The molecule has 2 aromatic carbocycles. The SMILES string of the molecule is CCNC(=O)COc1cccc(NC(=O)c2cc(Cl)c(OC)c(Cl)c2)c1. The molecule has 6 nitrogen and oxygen atoms in total. The average Bonchev–Trinajstić information content (AvgIpc) is 2.60. The number of rotatable bonds is 7. The number of benzene rings is 2. The molecule has 0 fully saturated rings. The zero-order valence-electron chi connectivity index (χ0n) is 14.3. The van der Waals surface area contributed by atoms with Gasteiger partial charge in [-0.15, -0.1) is 0 Å². The van der Waals surface area contributed by atoms with Crippen molar-refractivity contribution in [2.45, 2.75) is 6.92 Å². The highest BCUT2D eigenvalue weighted by Gasteiger charge is 2.14. The van der Waals surface area contributed by atoms with Gasteiger partial charge in [0.2, 0.25) is 0 Å². The second-order valence-corrected chi connectivity index (χ2v) is 6.01. The fraction of sp³-hybridized carbons (Fsp3) is 0.222. The van der Waals surface area contributed by atoms with Crippen LogP contribution in [0.15, 0.2) is 36.4 Å². The van der Waals surface area contributed by atoms with Gasteiger partial charge in [-0.05, 0) is 31.2 Å². The van der Waals surface area contributed by atoms with E-state index in [1.165, 1.54) is 19.2 Å². The molecular weight excluding hydrogens is 379 g/mol. The summed E-state index contributed by atoms with van der Waals surface area (Å²) in [6.07, 6.45) is 0. The van der Waals surface area contributed by atoms with Gasteiger partial charge >= 0.3 is 0 Å². The van der Waals surface area contributed by atoms with Gasteiger partial charge in [0.1, 0.15) is 5.75 Å². The summed E-state index contributed by atoms with van der Waals surface area (Å²) in [5.41, 5.74) is 0.793. The van der Waals surface area contributed by atoms with Crippen molar-refractivity contribution >= 4 is 40.7 Å². The summed E-state index contributed by atoms with van der Waals surface area (Å²) in [6, 6.07) is 9.65. The molecule has 0 unspecified atom stereocenters. The van der Waals surface area contributed by atoms with Gasteiger partial charge < -0.3 is 20.1 Å². The first-order valence-corrected chi connectivity index (χ1v) is 8.54. The van der Waals surface area contributed by atoms with Crippen LogP contribution in [0, 0.1) is 0 Å². The fourth-order valence-electron chi connectivity index (χ4n) is 2.15. The minimum atomic E-state index is -0.391. The number of amides is 2. The zero-order chi connectivity index (χ0) is 19.1. The van der Waals surface area contributed by atoms with Crippen molar-refractivity contribution < 1.29 is 19.1 Å². The molecule has 2 amide bonds. The topological polar surface area (TPSA) is 76.7 Å². The molecule has 138 valence electrons. The molecule has 2 aromatic rings. The summed E-state index contributed by atoms with van der Waals surface area (Å²) in [5, 5.41) is 5.84. The van der Waals surface area contributed by atoms with Gasteiger partial charge in [0.15, 0.2) is 12.4 Å². The number of anilines is 1. The fourth-order valence-corrected chi connectivity index (χ4v) is 2.79. The van der Waals surface area contributed by atoms with E-state index in [9.17, 15) is 9.59 Å². The molecule has 26 heavy (non-hydrogen) atoms. The quantitative estimate of drug-likeness (QED) is 0.746. The lowest BCUT2D eigenvalue weighted by atomic mass is 10.2. The van der Waals surface area contributed by atoms with Crippen LogP contribution in [-0.2, 0) is 4.79 Å². The van der Waals surface area contributed by atoms with Gasteiger partial charge in [-0.1, -0.05) is 29.3 Å². The predicted molar refractivity (Wildman–Crippen MR) is 102 cm³/mol. The monoisotopic (exact) mass is 396 g/mol. The summed E-state index contributed by atoms with van der Waals surface area (Å²) in [7, 11) is 1.44. The summed E-state index contributed by atoms with van der Waals surface area (Å²) < 4.78 is 10.5. The average molecular weight is 397 g/mol. The first-order chi connectivity index (χ1) is 12.4. The summed E-state index contributed by atoms with van der Waals surface area (Å²) in [5.74, 6) is 0.160. The van der Waals surface area contributed by atoms with Crippen LogP contribution in [0.1, 0.15) is 17.3 Å². The third-order valence-corrected chi connectivity index (χ3v) is 3.86. The number of methoxy groups -OCH3 is 1. The second-order valence-electron chi connectivity index (χ2n) is 5.20. The van der Waals surface area contributed by atoms with Crippen molar-refractivity contribution in [3.05, 3.63) is 52.0 Å². The Kier molecular flexibility index (Phi) is 7.12. The van der Waals surface area contributed by atoms with Gasteiger partial charge in [0.05, 0.1) is 17.2 Å². The third-order valence-electron chi connectivity index (χ3n) is 3.30. The maximum Gasteiger partial charge on any atom is 0.257 e. The Hall–Kier alpha value is -2.44. The van der Waals surface area contributed by atoms with E-state index in [0.717, 1.165) is 0 Å². The molecule has 8 heteroatoms. The number of ether oxygens (including phenoxy) is 2. The smallest absolute Gasteiger partial charge is 0.257 e. The lowest BCUT2D eigenvalue weighted by Gasteiger charge is -2.11. The molecule has 0 aliphatic heterocycles. The van der Waals surface area contributed by atoms with Crippen LogP contribution in [0.2, 0.25) is 10.0 Å². The normalized spacial score (nSPS) is 10.2. The van der Waals surface area contributed by atoms with E-state index in [2.05, 4.69) is 10.6 Å². The Bertz CT molecular complexity index is 789. The first kappa shape index (κ1) is 19.9. The largest absolute Gasteiger partial charge is 0.494 e. The van der Waals surface area contributed by atoms with Crippen molar-refractivity contribution in [2.75, 3.05) is 25.6 Å². The van der Waals surface area contributed by atoms with Crippen LogP contribution in [0.3, 0.4) is 0 Å². The number of carbonyl (C=O) groups is 2. The molecule has 0 bridgehead atoms. The highest BCUT2D eigenvalue weighted by atomic mass is 35.5. The van der Waals surface area contributed by atoms with E-state index in [-0.39, 0.29) is 28.1 Å². The molecule has 0 saturated heterocycles. The number of nitrogens with one attached hydrogen (secondary N) is 2. The molecule has 0 aliphatic carbocycles. The standard InChI is InChI=1S/C18H18Cl2N2O4/c1-3-21-16(23)10-26-13-6-4-5-12(9-13)22-18(24)11-7-14(19)17(25-2)15(20)8-11/h4-9H,3,10H2,1-2H3,(H,21,23)(H,22,24). The maximum absolute atomic E-state index is 12.4. The molecule has 0 atom stereocenters. The van der Waals surface area contributed by atoms with Crippen LogP contribution in [0.4, 0.5) is 5.69 Å². The van der Waals surface area contributed by atoms with Gasteiger partial charge in [-0.3, -0.25) is 9.59 Å². The Labute approximate surface area is 161 Å². The van der Waals surface area contributed by atoms with Gasteiger partial charge in [0, 0.05) is 23.9 Å². The van der Waals surface area contributed by atoms with Gasteiger partial charge in [-0.25, -0.2) is 0 Å². The van der Waals surface area contributed by atoms with Crippen molar-refractivity contribution in [3.8, 4) is 11.5 Å². The molecule has 2 N–H and O–H groups in total. The predicted octanol–water partition coefficient (Wildman–Crippen LogP) is 3.77. The van der Waals surface area contributed by atoms with Crippen LogP contribution in [0.25, 0.3) is 0 Å². The Morgan fingerprint density at radius 3 is 2.42 bits per heavy atom. The molecule has 0 aromatic heterocycles. The van der Waals surface area contributed by atoms with E-state index in [4.69, 9.17) is 32.7 Å². The zero-order valence-corrected chi connectivity index (χ0v) is 15.8. The van der Waals surface area contributed by atoms with Crippen molar-refractivity contribution in [1.29, 1.82) is 0 Å². The molecule has 0 saturated carbocycles. The van der Waals surface area contributed by atoms with E-state index in [0.29, 0.717) is 23.7 Å². The molecule has 0 heterocycles. The Morgan fingerprint density at radius 1 is 1.12 bits per heavy atom. The van der Waals surface area contributed by atoms with Crippen LogP contribution in [0.5, 0.6) is 11.5 Å². The summed E-state index contributed by atoms with van der Waals surface area (Å²) >= 11 is 12.1. The van der Waals surface area contributed by atoms with E-state index < -0.39 is 5.91 Å². The summed E-state index contributed by atoms with van der Waals surface area (Å²) in [4.78, 5) is 23.8. The minimum Gasteiger partial charge on any atom is -0.494 e. The molecular formula is C18H18Cl2N2O4. The summed E-state index contributed by atoms with van der Waals surface area (Å²) in [6.45, 7) is 2.26. The van der Waals surface area contributed by atoms with E-state index >= 15 is 0 Å². The van der Waals surface area contributed by atoms with Crippen LogP contribution >= 0.6 is 23.2 Å². The minimum absolute atomic E-state index is 0.102. The number of halogens is 2. The van der Waals surface area contributed by atoms with Crippen molar-refractivity contribution in [1.82, 2.24) is 5.32 Å². The van der Waals surface area contributed by atoms with Gasteiger partial charge in [0.25, 0.3) is 11.8 Å². The lowest BCUT2D eigenvalue weighted by molar-refractivity contribution is -0.122. The second kappa shape index (κ2) is 9.31. The van der Waals surface area contributed by atoms with Crippen molar-refractivity contribution in [3.63, 3.8) is 0 Å². The lowest BCUT2D eigenvalue weighted by Crippen LogP contribution is -2.28. The van der Waals surface area contributed by atoms with Crippen LogP contribution < -0.4 is 20.1 Å². The number of carbonyl (C=O) groups excluding carboxylic acids is 2. The molecule has 0 aliphatic rings. The number of hydrogen-bond acceptors (Lipinski definition) is 4. The van der Waals surface area contributed by atoms with Gasteiger partial charge in [-0.2, -0.15) is 0 Å². The number of likely N-dealkylation sites (N-methyl/N-ethyl adjacent to an activating group) is 1. The highest BCUT2D eigenvalue weighted by molar-refractivity contribution is 6.37. The maximum atomic E-state index is 12.4. The molecule has 2 rings (SSSR count). The van der Waals surface area contributed by atoms with E-state index in [1.807, 2.05) is 6.92 Å². The van der Waals surface area contributed by atoms with Crippen LogP contribution in [-0.4, -0.2) is 32.1 Å². The number of hydrogen-bond donors (Lipinski definition) is 2. The third kappa shape index (κ3) is 5.28. The first-order valence-electron chi connectivity index (χ1n) is 7.78. The van der Waals surface area contributed by atoms with Crippen molar-refractivity contribution in [2.24, 2.45) is 0 Å². The Morgan fingerprint density at radius 2 is 1.81 bits per heavy atom. The molecule has 0 spiro atoms. The Balaban J connectivity index is 2.07. The molecule has 0 radical (unpaired) electrons.